The molecule has 106 valence electrons. The molecular weight excluding hydrogens is 249 g/mol. The molecule has 0 aliphatic carbocycles. The van der Waals surface area contributed by atoms with Gasteiger partial charge in [0.1, 0.15) is 13.2 Å². The molecule has 1 aliphatic heterocycles. The average Bonchev–Trinajstić information content (AvgIpc) is 2.25. The minimum Gasteiger partial charge on any atom is -0.362 e. The minimum absolute atomic E-state index is 0.195. The van der Waals surface area contributed by atoms with Gasteiger partial charge in [0.15, 0.2) is 0 Å². The number of alkyl halides is 3. The quantitative estimate of drug-likeness (QED) is 0.788. The summed E-state index contributed by atoms with van der Waals surface area (Å²) < 4.78 is 39.5. The second kappa shape index (κ2) is 6.94. The molecule has 1 aliphatic rings. The standard InChI is InChI=1S/C11H19F3N2O2/c1-8-3-2-4-9(16-8)5-15-10(17)6-18-7-11(12,13)14/h8-9,16H,2-7H2,1H3,(H,15,17). The van der Waals surface area contributed by atoms with Gasteiger partial charge in [-0.1, -0.05) is 6.42 Å². The highest BCUT2D eigenvalue weighted by molar-refractivity contribution is 5.77. The Bertz CT molecular complexity index is 272. The molecule has 0 aromatic rings. The van der Waals surface area contributed by atoms with Gasteiger partial charge in [-0.25, -0.2) is 0 Å². The van der Waals surface area contributed by atoms with Crippen LogP contribution < -0.4 is 10.6 Å². The van der Waals surface area contributed by atoms with Gasteiger partial charge < -0.3 is 15.4 Å². The molecule has 1 saturated heterocycles. The summed E-state index contributed by atoms with van der Waals surface area (Å²) in [5, 5.41) is 5.88. The molecule has 0 aromatic carbocycles. The number of hydrogen-bond donors (Lipinski definition) is 2. The van der Waals surface area contributed by atoms with Crippen LogP contribution in [0.5, 0.6) is 0 Å². The van der Waals surface area contributed by atoms with Crippen molar-refractivity contribution in [2.45, 2.75) is 44.4 Å². The highest BCUT2D eigenvalue weighted by Crippen LogP contribution is 2.14. The third-order valence-electron chi connectivity index (χ3n) is 2.75. The first-order valence-corrected chi connectivity index (χ1v) is 6.04. The lowest BCUT2D eigenvalue weighted by Crippen LogP contribution is -2.47. The van der Waals surface area contributed by atoms with Crippen LogP contribution in [0.15, 0.2) is 0 Å². The Balaban J connectivity index is 2.09. The summed E-state index contributed by atoms with van der Waals surface area (Å²) >= 11 is 0. The zero-order chi connectivity index (χ0) is 13.6. The van der Waals surface area contributed by atoms with Crippen LogP contribution in [0.3, 0.4) is 0 Å². The van der Waals surface area contributed by atoms with Gasteiger partial charge >= 0.3 is 6.18 Å². The van der Waals surface area contributed by atoms with E-state index in [1.165, 1.54) is 0 Å². The maximum atomic E-state index is 11.8. The van der Waals surface area contributed by atoms with E-state index >= 15 is 0 Å². The highest BCUT2D eigenvalue weighted by Gasteiger charge is 2.27. The van der Waals surface area contributed by atoms with Crippen LogP contribution in [0.4, 0.5) is 13.2 Å². The van der Waals surface area contributed by atoms with Gasteiger partial charge in [0, 0.05) is 18.6 Å². The van der Waals surface area contributed by atoms with E-state index in [9.17, 15) is 18.0 Å². The SMILES string of the molecule is CC1CCCC(CNC(=O)COCC(F)(F)F)N1. The fraction of sp³-hybridized carbons (Fsp3) is 0.909. The number of rotatable bonds is 5. The molecule has 1 rings (SSSR count). The molecule has 0 saturated carbocycles. The largest absolute Gasteiger partial charge is 0.411 e. The number of amides is 1. The van der Waals surface area contributed by atoms with Gasteiger partial charge in [-0.3, -0.25) is 4.79 Å². The van der Waals surface area contributed by atoms with Crippen molar-refractivity contribution in [1.82, 2.24) is 10.6 Å². The maximum absolute atomic E-state index is 11.8. The topological polar surface area (TPSA) is 50.4 Å². The molecule has 1 amide bonds. The predicted octanol–water partition coefficient (Wildman–Crippen LogP) is 1.21. The lowest BCUT2D eigenvalue weighted by Gasteiger charge is -2.28. The van der Waals surface area contributed by atoms with E-state index in [1.807, 2.05) is 0 Å². The van der Waals surface area contributed by atoms with E-state index in [0.717, 1.165) is 19.3 Å². The van der Waals surface area contributed by atoms with Crippen molar-refractivity contribution in [3.63, 3.8) is 0 Å². The molecule has 2 atom stereocenters. The smallest absolute Gasteiger partial charge is 0.362 e. The number of piperidine rings is 1. The van der Waals surface area contributed by atoms with Crippen molar-refractivity contribution >= 4 is 5.91 Å². The van der Waals surface area contributed by atoms with E-state index in [4.69, 9.17) is 0 Å². The number of carbonyl (C=O) groups is 1. The summed E-state index contributed by atoms with van der Waals surface area (Å²) in [6.07, 6.45) is -1.22. The minimum atomic E-state index is -4.39. The molecule has 0 spiro atoms. The van der Waals surface area contributed by atoms with Crippen LogP contribution >= 0.6 is 0 Å². The summed E-state index contributed by atoms with van der Waals surface area (Å²) in [6.45, 7) is 0.555. The Morgan fingerprint density at radius 1 is 1.44 bits per heavy atom. The summed E-state index contributed by atoms with van der Waals surface area (Å²) in [7, 11) is 0. The Hall–Kier alpha value is -0.820. The van der Waals surface area contributed by atoms with E-state index in [1.54, 1.807) is 0 Å². The van der Waals surface area contributed by atoms with Crippen LogP contribution in [0.1, 0.15) is 26.2 Å². The summed E-state index contributed by atoms with van der Waals surface area (Å²) in [5.41, 5.74) is 0. The second-order valence-corrected chi connectivity index (χ2v) is 4.61. The third-order valence-corrected chi connectivity index (χ3v) is 2.75. The van der Waals surface area contributed by atoms with Crippen molar-refractivity contribution < 1.29 is 22.7 Å². The molecule has 4 nitrogen and oxygen atoms in total. The van der Waals surface area contributed by atoms with Crippen molar-refractivity contribution in [3.8, 4) is 0 Å². The van der Waals surface area contributed by atoms with Gasteiger partial charge in [0.25, 0.3) is 0 Å². The Kier molecular flexibility index (Phi) is 5.87. The van der Waals surface area contributed by atoms with Crippen LogP contribution in [0.2, 0.25) is 0 Å². The Morgan fingerprint density at radius 2 is 2.17 bits per heavy atom. The molecule has 0 bridgehead atoms. The number of nitrogens with one attached hydrogen (secondary N) is 2. The summed E-state index contributed by atoms with van der Waals surface area (Å²) in [5.74, 6) is -0.515. The van der Waals surface area contributed by atoms with Crippen LogP contribution in [-0.4, -0.2) is 43.9 Å². The number of halogens is 3. The van der Waals surface area contributed by atoms with Gasteiger partial charge in [-0.05, 0) is 19.8 Å². The van der Waals surface area contributed by atoms with Gasteiger partial charge in [-0.15, -0.1) is 0 Å². The fourth-order valence-corrected chi connectivity index (χ4v) is 1.95. The van der Waals surface area contributed by atoms with Gasteiger partial charge in [0.05, 0.1) is 0 Å². The zero-order valence-electron chi connectivity index (χ0n) is 10.3. The lowest BCUT2D eigenvalue weighted by atomic mass is 10.00. The van der Waals surface area contributed by atoms with Crippen molar-refractivity contribution in [1.29, 1.82) is 0 Å². The zero-order valence-corrected chi connectivity index (χ0v) is 10.3. The van der Waals surface area contributed by atoms with Crippen LogP contribution in [-0.2, 0) is 9.53 Å². The number of ether oxygens (including phenoxy) is 1. The summed E-state index contributed by atoms with van der Waals surface area (Å²) in [4.78, 5) is 11.2. The molecule has 0 radical (unpaired) electrons. The van der Waals surface area contributed by atoms with Crippen molar-refractivity contribution in [3.05, 3.63) is 0 Å². The maximum Gasteiger partial charge on any atom is 0.411 e. The first kappa shape index (κ1) is 15.2. The third kappa shape index (κ3) is 6.80. The van der Waals surface area contributed by atoms with Crippen molar-refractivity contribution in [2.24, 2.45) is 0 Å². The first-order valence-electron chi connectivity index (χ1n) is 6.04. The Labute approximate surface area is 104 Å². The molecule has 2 N–H and O–H groups in total. The van der Waals surface area contributed by atoms with Gasteiger partial charge in [-0.2, -0.15) is 13.2 Å². The monoisotopic (exact) mass is 268 g/mol. The van der Waals surface area contributed by atoms with Crippen LogP contribution in [0, 0.1) is 0 Å². The Morgan fingerprint density at radius 3 is 2.78 bits per heavy atom. The van der Waals surface area contributed by atoms with E-state index in [2.05, 4.69) is 22.3 Å². The predicted molar refractivity (Wildman–Crippen MR) is 60.1 cm³/mol. The molecule has 1 fully saturated rings. The number of hydrogen-bond acceptors (Lipinski definition) is 3. The normalized spacial score (nSPS) is 24.9. The molecule has 18 heavy (non-hydrogen) atoms. The van der Waals surface area contributed by atoms with E-state index in [0.29, 0.717) is 12.6 Å². The van der Waals surface area contributed by atoms with E-state index in [-0.39, 0.29) is 6.04 Å². The van der Waals surface area contributed by atoms with Crippen molar-refractivity contribution in [2.75, 3.05) is 19.8 Å². The van der Waals surface area contributed by atoms with Crippen LogP contribution in [0.25, 0.3) is 0 Å². The average molecular weight is 268 g/mol. The second-order valence-electron chi connectivity index (χ2n) is 4.61. The molecular formula is C11H19F3N2O2. The molecule has 1 heterocycles. The molecule has 0 aromatic heterocycles. The van der Waals surface area contributed by atoms with Gasteiger partial charge in [0.2, 0.25) is 5.91 Å². The van der Waals surface area contributed by atoms with E-state index < -0.39 is 25.3 Å². The molecule has 7 heteroatoms. The number of carbonyl (C=O) groups excluding carboxylic acids is 1. The highest BCUT2D eigenvalue weighted by atomic mass is 19.4. The molecule has 2 unspecified atom stereocenters. The first-order chi connectivity index (χ1) is 8.37. The fourth-order valence-electron chi connectivity index (χ4n) is 1.95. The lowest BCUT2D eigenvalue weighted by molar-refractivity contribution is -0.175. The summed E-state index contributed by atoms with van der Waals surface area (Å²) in [6, 6.07) is 0.613.